The second-order valence-corrected chi connectivity index (χ2v) is 13.3. The Hall–Kier alpha value is -1.46. The SMILES string of the molecule is CC(=O)[C@@H]1CC[C@H]2[C@@H]3CC=C4C[C@H](OS(=O)(=O)c5ccc(C)cc5)CC[C@]4(C)[C@H]3CC[C@]12C. The Morgan fingerprint density at radius 2 is 1.73 bits per heavy atom. The summed E-state index contributed by atoms with van der Waals surface area (Å²) in [6.45, 7) is 8.54. The van der Waals surface area contributed by atoms with Crippen LogP contribution in [0.25, 0.3) is 0 Å². The van der Waals surface area contributed by atoms with Crippen LogP contribution in [0.5, 0.6) is 0 Å². The molecule has 0 amide bonds. The molecule has 0 saturated heterocycles. The van der Waals surface area contributed by atoms with Gasteiger partial charge in [0.1, 0.15) is 5.78 Å². The molecule has 4 aliphatic rings. The van der Waals surface area contributed by atoms with Crippen LogP contribution in [0.15, 0.2) is 40.8 Å². The van der Waals surface area contributed by atoms with E-state index in [1.165, 1.54) is 18.4 Å². The van der Waals surface area contributed by atoms with Crippen LogP contribution in [-0.2, 0) is 19.1 Å². The summed E-state index contributed by atoms with van der Waals surface area (Å²) in [4.78, 5) is 12.6. The number of ketones is 1. The maximum Gasteiger partial charge on any atom is 0.297 e. The third kappa shape index (κ3) is 3.74. The molecule has 7 atom stereocenters. The molecule has 0 bridgehead atoms. The first-order valence-corrected chi connectivity index (χ1v) is 14.2. The van der Waals surface area contributed by atoms with E-state index in [1.54, 1.807) is 19.1 Å². The van der Waals surface area contributed by atoms with Gasteiger partial charge in [-0.3, -0.25) is 8.98 Å². The standard InChI is InChI=1S/C28H38O4S/c1-18-5-8-22(9-6-18)33(30,31)32-21-13-15-27(3)20(17-21)7-10-23-25-12-11-24(19(2)29)28(25,4)16-14-26(23)27/h5-9,21,23-26H,10-17H2,1-4H3/t21-,23+,24+,25+,26+,27+,28-/m1/s1. The molecule has 0 unspecified atom stereocenters. The van der Waals surface area contributed by atoms with Gasteiger partial charge in [0.2, 0.25) is 0 Å². The molecule has 4 nitrogen and oxygen atoms in total. The van der Waals surface area contributed by atoms with E-state index in [4.69, 9.17) is 4.18 Å². The number of allylic oxidation sites excluding steroid dienone is 1. The number of rotatable bonds is 4. The quantitative estimate of drug-likeness (QED) is 0.386. The van der Waals surface area contributed by atoms with E-state index in [-0.39, 0.29) is 27.7 Å². The summed E-state index contributed by atoms with van der Waals surface area (Å²) in [7, 11) is -3.75. The van der Waals surface area contributed by atoms with Crippen molar-refractivity contribution in [1.82, 2.24) is 0 Å². The van der Waals surface area contributed by atoms with Gasteiger partial charge in [0.05, 0.1) is 11.0 Å². The van der Waals surface area contributed by atoms with Gasteiger partial charge in [0.25, 0.3) is 10.1 Å². The lowest BCUT2D eigenvalue weighted by Gasteiger charge is -2.58. The van der Waals surface area contributed by atoms with Crippen molar-refractivity contribution in [2.75, 3.05) is 0 Å². The fourth-order valence-electron chi connectivity index (χ4n) is 8.32. The highest BCUT2D eigenvalue weighted by atomic mass is 32.2. The van der Waals surface area contributed by atoms with Crippen molar-refractivity contribution in [2.45, 2.75) is 90.1 Å². The van der Waals surface area contributed by atoms with Gasteiger partial charge in [0, 0.05) is 5.92 Å². The van der Waals surface area contributed by atoms with E-state index >= 15 is 0 Å². The van der Waals surface area contributed by atoms with E-state index < -0.39 is 10.1 Å². The van der Waals surface area contributed by atoms with Crippen molar-refractivity contribution in [3.8, 4) is 0 Å². The summed E-state index contributed by atoms with van der Waals surface area (Å²) >= 11 is 0. The number of hydrogen-bond donors (Lipinski definition) is 0. The minimum atomic E-state index is -3.75. The largest absolute Gasteiger partial charge is 0.300 e. The van der Waals surface area contributed by atoms with Crippen molar-refractivity contribution < 1.29 is 17.4 Å². The van der Waals surface area contributed by atoms with Gasteiger partial charge in [0.15, 0.2) is 0 Å². The monoisotopic (exact) mass is 470 g/mol. The molecule has 0 radical (unpaired) electrons. The zero-order valence-corrected chi connectivity index (χ0v) is 21.3. The predicted molar refractivity (Wildman–Crippen MR) is 129 cm³/mol. The molecule has 0 spiro atoms. The van der Waals surface area contributed by atoms with E-state index in [0.717, 1.165) is 37.7 Å². The normalized spacial score (nSPS) is 40.4. The molecule has 1 aromatic rings. The molecule has 0 aliphatic heterocycles. The minimum Gasteiger partial charge on any atom is -0.300 e. The van der Waals surface area contributed by atoms with Gasteiger partial charge in [-0.1, -0.05) is 43.2 Å². The third-order valence-corrected chi connectivity index (χ3v) is 11.5. The zero-order valence-electron chi connectivity index (χ0n) is 20.5. The van der Waals surface area contributed by atoms with Gasteiger partial charge in [-0.05, 0) is 106 Å². The Bertz CT molecular complexity index is 1070. The van der Waals surface area contributed by atoms with Crippen molar-refractivity contribution in [3.05, 3.63) is 41.5 Å². The van der Waals surface area contributed by atoms with Crippen molar-refractivity contribution in [3.63, 3.8) is 0 Å². The van der Waals surface area contributed by atoms with E-state index in [0.29, 0.717) is 30.0 Å². The molecule has 3 fully saturated rings. The van der Waals surface area contributed by atoms with Crippen LogP contribution in [0.3, 0.4) is 0 Å². The maximum atomic E-state index is 12.9. The Kier molecular flexibility index (Phi) is 5.68. The van der Waals surface area contributed by atoms with Crippen LogP contribution in [0.1, 0.15) is 77.7 Å². The summed E-state index contributed by atoms with van der Waals surface area (Å²) in [5.41, 5.74) is 2.73. The van der Waals surface area contributed by atoms with Gasteiger partial charge < -0.3 is 0 Å². The van der Waals surface area contributed by atoms with Gasteiger partial charge in [-0.25, -0.2) is 0 Å². The second kappa shape index (κ2) is 8.05. The fraction of sp³-hybridized carbons (Fsp3) is 0.679. The van der Waals surface area contributed by atoms with Crippen molar-refractivity contribution >= 4 is 15.9 Å². The first-order chi connectivity index (χ1) is 15.5. The Balaban J connectivity index is 1.34. The number of carbonyl (C=O) groups is 1. The van der Waals surface area contributed by atoms with Crippen molar-refractivity contribution in [1.29, 1.82) is 0 Å². The molecule has 0 heterocycles. The molecule has 4 aliphatic carbocycles. The zero-order chi connectivity index (χ0) is 23.6. The first-order valence-electron chi connectivity index (χ1n) is 12.7. The topological polar surface area (TPSA) is 60.4 Å². The summed E-state index contributed by atoms with van der Waals surface area (Å²) < 4.78 is 31.5. The highest BCUT2D eigenvalue weighted by Crippen LogP contribution is 2.66. The Morgan fingerprint density at radius 1 is 1.00 bits per heavy atom. The molecule has 180 valence electrons. The van der Waals surface area contributed by atoms with Crippen LogP contribution < -0.4 is 0 Å². The fourth-order valence-corrected chi connectivity index (χ4v) is 9.42. The van der Waals surface area contributed by atoms with Crippen LogP contribution in [-0.4, -0.2) is 20.3 Å². The molecule has 3 saturated carbocycles. The first kappa shape index (κ1) is 23.3. The van der Waals surface area contributed by atoms with Crippen LogP contribution in [0, 0.1) is 41.4 Å². The molecule has 33 heavy (non-hydrogen) atoms. The summed E-state index contributed by atoms with van der Waals surface area (Å²) in [6.07, 6.45) is 10.2. The average Bonchev–Trinajstić information content (AvgIpc) is 3.11. The lowest BCUT2D eigenvalue weighted by molar-refractivity contribution is -0.127. The van der Waals surface area contributed by atoms with Gasteiger partial charge in [-0.2, -0.15) is 8.42 Å². The minimum absolute atomic E-state index is 0.131. The van der Waals surface area contributed by atoms with Crippen molar-refractivity contribution in [2.24, 2.45) is 34.5 Å². The molecule has 1 aromatic carbocycles. The number of hydrogen-bond acceptors (Lipinski definition) is 4. The average molecular weight is 471 g/mol. The molecular formula is C28H38O4S. The Morgan fingerprint density at radius 3 is 2.42 bits per heavy atom. The summed E-state index contributed by atoms with van der Waals surface area (Å²) in [5, 5.41) is 0. The maximum absolute atomic E-state index is 12.9. The van der Waals surface area contributed by atoms with Crippen LogP contribution >= 0.6 is 0 Å². The molecule has 0 N–H and O–H groups in total. The van der Waals surface area contributed by atoms with Crippen LogP contribution in [0.2, 0.25) is 0 Å². The molecule has 5 rings (SSSR count). The molecule has 0 aromatic heterocycles. The number of carbonyl (C=O) groups excluding carboxylic acids is 1. The van der Waals surface area contributed by atoms with Crippen LogP contribution in [0.4, 0.5) is 0 Å². The third-order valence-electron chi connectivity index (χ3n) is 10.1. The smallest absolute Gasteiger partial charge is 0.297 e. The van der Waals surface area contributed by atoms with E-state index in [1.807, 2.05) is 19.1 Å². The number of aryl methyl sites for hydroxylation is 1. The number of fused-ring (bicyclic) bond motifs is 5. The molecule has 5 heteroatoms. The summed E-state index contributed by atoms with van der Waals surface area (Å²) in [5.74, 6) is 2.53. The van der Waals surface area contributed by atoms with E-state index in [9.17, 15) is 13.2 Å². The number of Topliss-reactive ketones (excluding diaryl/α,β-unsaturated/α-hetero) is 1. The predicted octanol–water partition coefficient (Wildman–Crippen LogP) is 6.24. The number of benzene rings is 1. The Labute approximate surface area is 199 Å². The van der Waals surface area contributed by atoms with E-state index in [2.05, 4.69) is 19.9 Å². The lowest BCUT2D eigenvalue weighted by Crippen LogP contribution is -2.51. The second-order valence-electron chi connectivity index (χ2n) is 11.8. The van der Waals surface area contributed by atoms with Gasteiger partial charge in [-0.15, -0.1) is 0 Å². The summed E-state index contributed by atoms with van der Waals surface area (Å²) in [6, 6.07) is 6.90. The highest BCUT2D eigenvalue weighted by Gasteiger charge is 2.59. The van der Waals surface area contributed by atoms with Gasteiger partial charge >= 0.3 is 0 Å². The highest BCUT2D eigenvalue weighted by molar-refractivity contribution is 7.86. The lowest BCUT2D eigenvalue weighted by atomic mass is 9.47. The molecular weight excluding hydrogens is 432 g/mol.